The highest BCUT2D eigenvalue weighted by atomic mass is 19.2. The molecule has 3 rings (SSSR count). The number of allylic oxidation sites excluding steroid dienone is 1. The minimum atomic E-state index is -0.873. The van der Waals surface area contributed by atoms with Crippen LogP contribution in [0, 0.1) is 30.3 Å². The van der Waals surface area contributed by atoms with E-state index in [1.165, 1.54) is 0 Å². The van der Waals surface area contributed by atoms with Gasteiger partial charge in [0.1, 0.15) is 5.82 Å². The number of hydrogen-bond acceptors (Lipinski definition) is 1. The van der Waals surface area contributed by atoms with Gasteiger partial charge in [0.25, 0.3) is 0 Å². The van der Waals surface area contributed by atoms with Crippen molar-refractivity contribution in [3.8, 4) is 5.75 Å². The van der Waals surface area contributed by atoms with Crippen molar-refractivity contribution in [1.29, 1.82) is 0 Å². The van der Waals surface area contributed by atoms with E-state index in [1.807, 2.05) is 19.1 Å². The predicted octanol–water partition coefficient (Wildman–Crippen LogP) is 7.58. The van der Waals surface area contributed by atoms with Crippen LogP contribution in [0.4, 0.5) is 13.2 Å². The summed E-state index contributed by atoms with van der Waals surface area (Å²) in [5, 5.41) is 0. The second-order valence-corrected chi connectivity index (χ2v) is 7.96. The van der Waals surface area contributed by atoms with E-state index in [-0.39, 0.29) is 17.5 Å². The first kappa shape index (κ1) is 21.5. The summed E-state index contributed by atoms with van der Waals surface area (Å²) >= 11 is 0. The second-order valence-electron chi connectivity index (χ2n) is 7.96. The zero-order chi connectivity index (χ0) is 20.8. The van der Waals surface area contributed by atoms with Gasteiger partial charge in [-0.2, -0.15) is 4.39 Å². The van der Waals surface area contributed by atoms with Crippen LogP contribution in [0.3, 0.4) is 0 Å². The van der Waals surface area contributed by atoms with Gasteiger partial charge in [-0.15, -0.1) is 0 Å². The molecule has 1 saturated carbocycles. The molecular weight excluding hydrogens is 373 g/mol. The Morgan fingerprint density at radius 3 is 2.45 bits per heavy atom. The molecule has 0 unspecified atom stereocenters. The number of benzene rings is 2. The van der Waals surface area contributed by atoms with Crippen molar-refractivity contribution < 1.29 is 17.9 Å². The van der Waals surface area contributed by atoms with Crippen LogP contribution in [0.5, 0.6) is 5.75 Å². The van der Waals surface area contributed by atoms with E-state index < -0.39 is 11.6 Å². The topological polar surface area (TPSA) is 9.23 Å². The zero-order valence-electron chi connectivity index (χ0n) is 17.2. The summed E-state index contributed by atoms with van der Waals surface area (Å²) in [4.78, 5) is 0. The maximum atomic E-state index is 14.6. The molecule has 0 heterocycles. The van der Waals surface area contributed by atoms with Crippen LogP contribution >= 0.6 is 0 Å². The third kappa shape index (κ3) is 5.43. The van der Waals surface area contributed by atoms with Gasteiger partial charge >= 0.3 is 0 Å². The largest absolute Gasteiger partial charge is 0.490 e. The fourth-order valence-corrected chi connectivity index (χ4v) is 3.88. The normalized spacial score (nSPS) is 19.6. The molecule has 156 valence electrons. The van der Waals surface area contributed by atoms with Crippen LogP contribution in [0.2, 0.25) is 0 Å². The van der Waals surface area contributed by atoms with E-state index in [1.54, 1.807) is 31.2 Å². The van der Waals surface area contributed by atoms with Crippen molar-refractivity contribution >= 4 is 6.08 Å². The molecule has 1 nitrogen and oxygen atoms in total. The number of halogens is 3. The standard InChI is InChI=1S/C25H29F3O/c1-3-4-15-29-23-14-13-21(24(27)25(23)28)20-11-9-18(10-12-20)7-8-19-6-5-17(2)22(26)16-19/h5-8,13-14,16,18,20H,3-4,9-12,15H2,1-2H3/b8-7+. The van der Waals surface area contributed by atoms with Crippen molar-refractivity contribution in [3.05, 3.63) is 70.5 Å². The van der Waals surface area contributed by atoms with Crippen molar-refractivity contribution in [3.63, 3.8) is 0 Å². The van der Waals surface area contributed by atoms with Crippen molar-refractivity contribution in [2.45, 2.75) is 58.3 Å². The average molecular weight is 403 g/mol. The van der Waals surface area contributed by atoms with E-state index in [4.69, 9.17) is 4.74 Å². The lowest BCUT2D eigenvalue weighted by Gasteiger charge is -2.27. The van der Waals surface area contributed by atoms with E-state index >= 15 is 0 Å². The fraction of sp³-hybridized carbons (Fsp3) is 0.440. The summed E-state index contributed by atoms with van der Waals surface area (Å²) in [7, 11) is 0. The molecule has 0 aromatic heterocycles. The van der Waals surface area contributed by atoms with Crippen LogP contribution in [0.1, 0.15) is 68.1 Å². The first-order valence-electron chi connectivity index (χ1n) is 10.5. The lowest BCUT2D eigenvalue weighted by atomic mass is 9.78. The van der Waals surface area contributed by atoms with Crippen molar-refractivity contribution in [2.24, 2.45) is 5.92 Å². The Morgan fingerprint density at radius 1 is 1.00 bits per heavy atom. The smallest absolute Gasteiger partial charge is 0.200 e. The SMILES string of the molecule is CCCCOc1ccc(C2CCC(/C=C/c3ccc(C)c(F)c3)CC2)c(F)c1F. The highest BCUT2D eigenvalue weighted by Gasteiger charge is 2.25. The number of hydrogen-bond donors (Lipinski definition) is 0. The maximum absolute atomic E-state index is 14.6. The van der Waals surface area contributed by atoms with Crippen LogP contribution in [0.25, 0.3) is 6.08 Å². The summed E-state index contributed by atoms with van der Waals surface area (Å²) in [6.45, 7) is 4.17. The number of ether oxygens (including phenoxy) is 1. The Labute approximate surface area is 171 Å². The Bertz CT molecular complexity index is 851. The molecule has 1 aliphatic rings. The molecular formula is C25H29F3O. The number of unbranched alkanes of at least 4 members (excludes halogenated alkanes) is 1. The molecule has 0 saturated heterocycles. The minimum absolute atomic E-state index is 0.00153. The molecule has 0 spiro atoms. The van der Waals surface area contributed by atoms with Crippen LogP contribution in [0.15, 0.2) is 36.4 Å². The van der Waals surface area contributed by atoms with Gasteiger partial charge in [-0.1, -0.05) is 43.7 Å². The Hall–Kier alpha value is -2.23. The molecule has 1 fully saturated rings. The predicted molar refractivity (Wildman–Crippen MR) is 112 cm³/mol. The molecule has 0 amide bonds. The Morgan fingerprint density at radius 2 is 1.76 bits per heavy atom. The van der Waals surface area contributed by atoms with E-state index in [0.29, 0.717) is 23.7 Å². The second kappa shape index (κ2) is 10.00. The monoisotopic (exact) mass is 402 g/mol. The number of rotatable bonds is 7. The summed E-state index contributed by atoms with van der Waals surface area (Å²) < 4.78 is 48.0. The van der Waals surface area contributed by atoms with Crippen LogP contribution in [-0.2, 0) is 0 Å². The van der Waals surface area contributed by atoms with E-state index in [0.717, 1.165) is 44.1 Å². The van der Waals surface area contributed by atoms with Gasteiger partial charge in [-0.3, -0.25) is 0 Å². The molecule has 2 aromatic carbocycles. The summed E-state index contributed by atoms with van der Waals surface area (Å²) in [6.07, 6.45) is 9.26. The molecule has 0 aliphatic heterocycles. The Balaban J connectivity index is 1.59. The van der Waals surface area contributed by atoms with Gasteiger partial charge in [0.2, 0.25) is 5.82 Å². The summed E-state index contributed by atoms with van der Waals surface area (Å²) in [6, 6.07) is 8.46. The first-order chi connectivity index (χ1) is 14.0. The highest BCUT2D eigenvalue weighted by Crippen LogP contribution is 2.39. The van der Waals surface area contributed by atoms with Gasteiger partial charge < -0.3 is 4.74 Å². The molecule has 0 atom stereocenters. The van der Waals surface area contributed by atoms with E-state index in [9.17, 15) is 13.2 Å². The van der Waals surface area contributed by atoms with Gasteiger partial charge in [-0.05, 0) is 79.7 Å². The average Bonchev–Trinajstić information content (AvgIpc) is 2.73. The zero-order valence-corrected chi connectivity index (χ0v) is 17.2. The summed E-state index contributed by atoms with van der Waals surface area (Å²) in [5.41, 5.74) is 1.94. The molecule has 4 heteroatoms. The quantitative estimate of drug-likeness (QED) is 0.434. The molecule has 0 radical (unpaired) electrons. The maximum Gasteiger partial charge on any atom is 0.200 e. The Kier molecular flexibility index (Phi) is 7.40. The number of aryl methyl sites for hydroxylation is 1. The lowest BCUT2D eigenvalue weighted by molar-refractivity contribution is 0.286. The van der Waals surface area contributed by atoms with E-state index in [2.05, 4.69) is 6.08 Å². The van der Waals surface area contributed by atoms with Crippen molar-refractivity contribution in [2.75, 3.05) is 6.61 Å². The third-order valence-corrected chi connectivity index (χ3v) is 5.80. The van der Waals surface area contributed by atoms with Gasteiger partial charge in [0.05, 0.1) is 6.61 Å². The van der Waals surface area contributed by atoms with Crippen LogP contribution < -0.4 is 4.74 Å². The summed E-state index contributed by atoms with van der Waals surface area (Å²) in [5.74, 6) is -1.44. The molecule has 0 N–H and O–H groups in total. The lowest BCUT2D eigenvalue weighted by Crippen LogP contribution is -2.14. The van der Waals surface area contributed by atoms with Gasteiger partial charge in [0.15, 0.2) is 11.6 Å². The van der Waals surface area contributed by atoms with Gasteiger partial charge in [-0.25, -0.2) is 8.78 Å². The first-order valence-corrected chi connectivity index (χ1v) is 10.5. The molecule has 1 aliphatic carbocycles. The fourth-order valence-electron chi connectivity index (χ4n) is 3.88. The van der Waals surface area contributed by atoms with Crippen molar-refractivity contribution in [1.82, 2.24) is 0 Å². The third-order valence-electron chi connectivity index (χ3n) is 5.80. The molecule has 29 heavy (non-hydrogen) atoms. The minimum Gasteiger partial charge on any atom is -0.490 e. The highest BCUT2D eigenvalue weighted by molar-refractivity contribution is 5.50. The molecule has 0 bridgehead atoms. The molecule has 2 aromatic rings. The van der Waals surface area contributed by atoms with Gasteiger partial charge in [0, 0.05) is 0 Å². The van der Waals surface area contributed by atoms with Crippen LogP contribution in [-0.4, -0.2) is 6.61 Å².